The van der Waals surface area contributed by atoms with E-state index in [1.807, 2.05) is 60.7 Å². The Bertz CT molecular complexity index is 1170. The van der Waals surface area contributed by atoms with Crippen molar-refractivity contribution in [2.45, 2.75) is 28.6 Å². The van der Waals surface area contributed by atoms with Crippen molar-refractivity contribution in [3.63, 3.8) is 0 Å². The highest BCUT2D eigenvalue weighted by Crippen LogP contribution is 2.44. The summed E-state index contributed by atoms with van der Waals surface area (Å²) in [6.07, 6.45) is 0.683. The highest BCUT2D eigenvalue weighted by molar-refractivity contribution is 9.12. The number of nitrogens with zero attached hydrogens (tertiary/aromatic N) is 1. The zero-order valence-electron chi connectivity index (χ0n) is 18.7. The maximum Gasteiger partial charge on any atom is 0.339 e. The van der Waals surface area contributed by atoms with E-state index in [0.717, 1.165) is 11.1 Å². The number of amides is 2. The van der Waals surface area contributed by atoms with Crippen LogP contribution in [0, 0.1) is 11.8 Å². The van der Waals surface area contributed by atoms with E-state index in [1.165, 1.54) is 4.90 Å². The fraction of sp³-hybridized carbons (Fsp3) is 0.250. The first kappa shape index (κ1) is 23.9. The topological polar surface area (TPSA) is 63.7 Å². The van der Waals surface area contributed by atoms with Crippen LogP contribution in [0.2, 0.25) is 0 Å². The predicted molar refractivity (Wildman–Crippen MR) is 141 cm³/mol. The van der Waals surface area contributed by atoms with Gasteiger partial charge in [0, 0.05) is 9.65 Å². The molecule has 0 aromatic heterocycles. The molecule has 35 heavy (non-hydrogen) atoms. The van der Waals surface area contributed by atoms with Gasteiger partial charge in [0.1, 0.15) is 0 Å². The first-order chi connectivity index (χ1) is 16.9. The Kier molecular flexibility index (Phi) is 6.89. The normalized spacial score (nSPS) is 23.9. The molecule has 2 amide bonds. The summed E-state index contributed by atoms with van der Waals surface area (Å²) < 4.78 is 5.92. The van der Waals surface area contributed by atoms with Gasteiger partial charge in [-0.25, -0.2) is 4.79 Å². The molecule has 3 aromatic carbocycles. The average Bonchev–Trinajstić information content (AvgIpc) is 3.12. The molecule has 7 heteroatoms. The van der Waals surface area contributed by atoms with Crippen molar-refractivity contribution in [1.29, 1.82) is 0 Å². The van der Waals surface area contributed by atoms with Gasteiger partial charge >= 0.3 is 5.97 Å². The first-order valence-corrected chi connectivity index (χ1v) is 13.3. The molecule has 3 aromatic rings. The average molecular weight is 597 g/mol. The molecule has 0 bridgehead atoms. The molecule has 2 fully saturated rings. The number of anilines is 1. The molecule has 1 saturated carbocycles. The van der Waals surface area contributed by atoms with E-state index in [2.05, 4.69) is 31.9 Å². The van der Waals surface area contributed by atoms with Gasteiger partial charge in [-0.2, -0.15) is 0 Å². The number of esters is 1. The van der Waals surface area contributed by atoms with Gasteiger partial charge in [-0.05, 0) is 48.2 Å². The molecule has 5 rings (SSSR count). The number of carbonyl (C=O) groups is 3. The van der Waals surface area contributed by atoms with Crippen LogP contribution >= 0.6 is 31.9 Å². The Morgan fingerprint density at radius 2 is 1.20 bits per heavy atom. The summed E-state index contributed by atoms with van der Waals surface area (Å²) in [5, 5.41) is 0. The third-order valence-corrected chi connectivity index (χ3v) is 9.44. The van der Waals surface area contributed by atoms with E-state index in [1.54, 1.807) is 24.3 Å². The second kappa shape index (κ2) is 10.1. The second-order valence-corrected chi connectivity index (χ2v) is 11.2. The maximum atomic E-state index is 13.1. The number of hydrogen-bond acceptors (Lipinski definition) is 4. The molecule has 1 aliphatic heterocycles. The second-order valence-electron chi connectivity index (χ2n) is 8.88. The lowest BCUT2D eigenvalue weighted by molar-refractivity contribution is -0.122. The van der Waals surface area contributed by atoms with E-state index in [4.69, 9.17) is 4.74 Å². The maximum absolute atomic E-state index is 13.1. The number of imide groups is 1. The molecule has 5 nitrogen and oxygen atoms in total. The molecular weight excluding hydrogens is 574 g/mol. The Hall–Kier alpha value is -2.77. The molecular formula is C28H23Br2NO4. The lowest BCUT2D eigenvalue weighted by Gasteiger charge is -2.29. The van der Waals surface area contributed by atoms with Crippen LogP contribution < -0.4 is 4.90 Å². The number of rotatable bonds is 5. The van der Waals surface area contributed by atoms with Crippen LogP contribution in [0.3, 0.4) is 0 Å². The summed E-state index contributed by atoms with van der Waals surface area (Å²) in [7, 11) is 0. The number of ether oxygens (including phenoxy) is 1. The number of hydrogen-bond donors (Lipinski definition) is 0. The van der Waals surface area contributed by atoms with E-state index in [-0.39, 0.29) is 33.3 Å². The zero-order valence-corrected chi connectivity index (χ0v) is 21.9. The minimum absolute atomic E-state index is 0.153. The van der Waals surface area contributed by atoms with Crippen molar-refractivity contribution >= 4 is 55.3 Å². The summed E-state index contributed by atoms with van der Waals surface area (Å²) in [5.41, 5.74) is 2.57. The van der Waals surface area contributed by atoms with E-state index in [0.29, 0.717) is 24.1 Å². The number of alkyl halides is 2. The molecule has 0 radical (unpaired) electrons. The summed E-state index contributed by atoms with van der Waals surface area (Å²) in [6, 6.07) is 25.6. The summed E-state index contributed by atoms with van der Waals surface area (Å²) >= 11 is 7.22. The van der Waals surface area contributed by atoms with Crippen molar-refractivity contribution in [3.05, 3.63) is 102 Å². The SMILES string of the molecule is O=C(OC(c1ccccc1)c1ccccc1)c1ccc(N2C(=O)[C@@H]3C[C@@H](Br)[C@@H](Br)C[C@H]3C2=O)cc1. The van der Waals surface area contributed by atoms with Gasteiger partial charge in [-0.15, -0.1) is 0 Å². The van der Waals surface area contributed by atoms with Crippen LogP contribution in [0.15, 0.2) is 84.9 Å². The monoisotopic (exact) mass is 595 g/mol. The molecule has 2 aliphatic rings. The van der Waals surface area contributed by atoms with Gasteiger partial charge in [-0.3, -0.25) is 14.5 Å². The van der Waals surface area contributed by atoms with Crippen molar-refractivity contribution in [2.75, 3.05) is 4.90 Å². The van der Waals surface area contributed by atoms with Gasteiger partial charge in [0.25, 0.3) is 0 Å². The van der Waals surface area contributed by atoms with Crippen LogP contribution in [-0.2, 0) is 14.3 Å². The van der Waals surface area contributed by atoms with Crippen molar-refractivity contribution in [1.82, 2.24) is 0 Å². The van der Waals surface area contributed by atoms with E-state index < -0.39 is 12.1 Å². The zero-order chi connectivity index (χ0) is 24.5. The Labute approximate surface area is 220 Å². The highest BCUT2D eigenvalue weighted by atomic mass is 79.9. The van der Waals surface area contributed by atoms with Gasteiger partial charge in [0.15, 0.2) is 6.10 Å². The Balaban J connectivity index is 1.35. The molecule has 178 valence electrons. The van der Waals surface area contributed by atoms with Crippen LogP contribution in [0.25, 0.3) is 0 Å². The standard InChI is InChI=1S/C28H23Br2NO4/c29-23-15-21-22(16-24(23)30)27(33)31(26(21)32)20-13-11-19(12-14-20)28(34)35-25(17-7-3-1-4-8-17)18-9-5-2-6-10-18/h1-14,21-25H,15-16H2/t21-,22-,23-,24+/m1/s1. The molecule has 0 unspecified atom stereocenters. The van der Waals surface area contributed by atoms with Gasteiger partial charge < -0.3 is 4.74 Å². The Morgan fingerprint density at radius 1 is 0.743 bits per heavy atom. The van der Waals surface area contributed by atoms with Gasteiger partial charge in [-0.1, -0.05) is 92.5 Å². The third-order valence-electron chi connectivity index (χ3n) is 6.70. The summed E-state index contributed by atoms with van der Waals surface area (Å²) in [5.74, 6) is -1.46. The number of carbonyl (C=O) groups excluding carboxylic acids is 3. The van der Waals surface area contributed by atoms with Crippen molar-refractivity contribution < 1.29 is 19.1 Å². The first-order valence-electron chi connectivity index (χ1n) is 11.5. The highest BCUT2D eigenvalue weighted by Gasteiger charge is 2.52. The summed E-state index contributed by atoms with van der Waals surface area (Å²) in [6.45, 7) is 0. The molecule has 0 spiro atoms. The van der Waals surface area contributed by atoms with Crippen molar-refractivity contribution in [3.8, 4) is 0 Å². The largest absolute Gasteiger partial charge is 0.449 e. The molecule has 1 heterocycles. The van der Waals surface area contributed by atoms with Crippen molar-refractivity contribution in [2.24, 2.45) is 11.8 Å². The lowest BCUT2D eigenvalue weighted by atomic mass is 9.81. The minimum Gasteiger partial charge on any atom is -0.449 e. The molecule has 4 atom stereocenters. The molecule has 1 saturated heterocycles. The molecule has 0 N–H and O–H groups in total. The predicted octanol–water partition coefficient (Wildman–Crippen LogP) is 6.06. The van der Waals surface area contributed by atoms with Crippen LogP contribution in [0.1, 0.15) is 40.4 Å². The lowest BCUT2D eigenvalue weighted by Crippen LogP contribution is -2.34. The van der Waals surface area contributed by atoms with Crippen LogP contribution in [-0.4, -0.2) is 27.4 Å². The fourth-order valence-corrected chi connectivity index (χ4v) is 6.09. The van der Waals surface area contributed by atoms with E-state index in [9.17, 15) is 14.4 Å². The van der Waals surface area contributed by atoms with Gasteiger partial charge in [0.05, 0.1) is 23.1 Å². The smallest absolute Gasteiger partial charge is 0.339 e. The van der Waals surface area contributed by atoms with Gasteiger partial charge in [0.2, 0.25) is 11.8 Å². The Morgan fingerprint density at radius 3 is 1.66 bits per heavy atom. The third kappa shape index (κ3) is 4.71. The minimum atomic E-state index is -0.552. The number of fused-ring (bicyclic) bond motifs is 1. The number of halogens is 2. The van der Waals surface area contributed by atoms with Crippen LogP contribution in [0.5, 0.6) is 0 Å². The fourth-order valence-electron chi connectivity index (χ4n) is 4.86. The quantitative estimate of drug-likeness (QED) is 0.204. The number of benzene rings is 3. The van der Waals surface area contributed by atoms with Crippen LogP contribution in [0.4, 0.5) is 5.69 Å². The molecule has 1 aliphatic carbocycles. The summed E-state index contributed by atoms with van der Waals surface area (Å²) in [4.78, 5) is 40.8. The van der Waals surface area contributed by atoms with E-state index >= 15 is 0 Å².